The number of carbonyl (C=O) groups excluding carboxylic acids is 13. The van der Waals surface area contributed by atoms with Crippen molar-refractivity contribution in [2.45, 2.75) is 226 Å². The SMILES string of the molecule is CC(C)C[C@@H](C(=O)N(C)[C@H](C(=O)N[C@@H](Cc1ccccc1)C(=O)N[C@@H](CC(=O)OCc1ccccc1)C(=O)N(C)[C@@H](Cc1ccccc1)C(=O)N[C@@H](C)C(=O)O)C(C)C)N(C)C(=O)CNC(=O)[C@H](Cc1ccccc1)N(C)C(=O)[C@@H](NC(=O)[C@H](CC(C)C)N(C)C(=O)[C@@H](NC(=O)[C@H](C)N(C)C(=O)OC(C)(C)C)C(C)C)[C@@H](C)OC(c1ccccc1)(c1ccccc1)c1ccccc1. The molecule has 0 spiro atoms. The van der Waals surface area contributed by atoms with Crippen LogP contribution >= 0.6 is 0 Å². The van der Waals surface area contributed by atoms with Crippen molar-refractivity contribution in [3.63, 3.8) is 0 Å². The molecule has 0 aliphatic heterocycles. The zero-order valence-corrected chi connectivity index (χ0v) is 79.7. The standard InChI is InChI=1S/C102H134N12O18/c1-64(2)56-80(112(18)97(125)86(66(5)6)107-89(117)69(10)109(15)100(129)132-101(12,13)14)93(121)108-87(70(11)131-102(75-50-36-25-37-51-75,76-52-38-26-39-53-76)77-54-40-27-41-55-77)98(126)113(19)81(59-72-44-30-22-31-45-72)91(119)103-62-84(115)110(16)83(57-65(3)4)96(124)114(20)88(67(7)8)94(122)105-78(58-71-42-28-21-29-43-71)90(118)106-79(61-85(116)130-63-74-48-34-24-35-49-74)95(123)111(17)82(60-73-46-32-23-33-47-73)92(120)104-68(9)99(127)128/h21-55,64-70,78-83,86-88H,56-63H2,1-20H3,(H,103,119)(H,104,120)(H,105,122)(H,106,118)(H,107,117)(H,108,121)(H,127,128)/t68-,69-,70+,78-,79-,80-,81-,82-,83-,86-,87-,88-/m0/s1. The zero-order chi connectivity index (χ0) is 97.6. The number of nitrogens with zero attached hydrogens (tertiary/aromatic N) is 6. The first kappa shape index (κ1) is 106. The van der Waals surface area contributed by atoms with E-state index in [0.717, 1.165) is 9.80 Å². The van der Waals surface area contributed by atoms with Crippen molar-refractivity contribution >= 4 is 83.0 Å². The normalized spacial score (nSPS) is 14.2. The number of aliphatic carboxylic acids is 1. The van der Waals surface area contributed by atoms with Gasteiger partial charge in [-0.05, 0) is 117 Å². The van der Waals surface area contributed by atoms with Crippen molar-refractivity contribution in [1.29, 1.82) is 0 Å². The zero-order valence-electron chi connectivity index (χ0n) is 79.7. The van der Waals surface area contributed by atoms with Crippen molar-refractivity contribution in [1.82, 2.24) is 61.3 Å². The minimum Gasteiger partial charge on any atom is -0.480 e. The van der Waals surface area contributed by atoms with E-state index in [0.29, 0.717) is 38.9 Å². The molecule has 0 bridgehead atoms. The van der Waals surface area contributed by atoms with Gasteiger partial charge in [-0.2, -0.15) is 0 Å². The number of nitrogens with one attached hydrogen (secondary N) is 6. The van der Waals surface area contributed by atoms with Gasteiger partial charge in [0, 0.05) is 61.5 Å². The molecule has 7 aromatic carbocycles. The molecule has 0 unspecified atom stereocenters. The second-order valence-electron chi connectivity index (χ2n) is 36.2. The molecule has 30 heteroatoms. The minimum atomic E-state index is -1.77. The lowest BCUT2D eigenvalue weighted by atomic mass is 9.79. The Morgan fingerprint density at radius 3 is 1.20 bits per heavy atom. The van der Waals surface area contributed by atoms with Gasteiger partial charge in [-0.1, -0.05) is 268 Å². The number of likely N-dealkylation sites (N-methyl/N-ethyl adjacent to an activating group) is 6. The molecule has 0 radical (unpaired) electrons. The highest BCUT2D eigenvalue weighted by molar-refractivity contribution is 6.00. The highest BCUT2D eigenvalue weighted by Crippen LogP contribution is 2.42. The Hall–Kier alpha value is -13.1. The molecule has 12 atom stereocenters. The van der Waals surface area contributed by atoms with Gasteiger partial charge in [0.2, 0.25) is 65.0 Å². The maximum absolute atomic E-state index is 16.4. The Morgan fingerprint density at radius 2 is 0.765 bits per heavy atom. The molecule has 0 heterocycles. The summed E-state index contributed by atoms with van der Waals surface area (Å²) in [6.45, 7) is 22.7. The summed E-state index contributed by atoms with van der Waals surface area (Å²) in [6, 6.07) is 47.0. The monoisotopic (exact) mass is 1810 g/mol. The van der Waals surface area contributed by atoms with E-state index < -0.39 is 192 Å². The number of carboxylic acid groups (broad SMARTS) is 1. The molecule has 7 rings (SSSR count). The fourth-order valence-electron chi connectivity index (χ4n) is 15.5. The number of benzene rings is 7. The second kappa shape index (κ2) is 49.8. The second-order valence-corrected chi connectivity index (χ2v) is 36.2. The summed E-state index contributed by atoms with van der Waals surface area (Å²) >= 11 is 0. The summed E-state index contributed by atoms with van der Waals surface area (Å²) in [5, 5.41) is 26.4. The quantitative estimate of drug-likeness (QED) is 0.0138. The Bertz CT molecular complexity index is 4890. The van der Waals surface area contributed by atoms with Gasteiger partial charge in [-0.25, -0.2) is 4.79 Å². The van der Waals surface area contributed by atoms with Crippen LogP contribution < -0.4 is 31.9 Å². The highest BCUT2D eigenvalue weighted by Gasteiger charge is 2.47. The van der Waals surface area contributed by atoms with Crippen LogP contribution in [-0.4, -0.2) is 245 Å². The van der Waals surface area contributed by atoms with E-state index in [2.05, 4.69) is 31.9 Å². The molecular formula is C102H134N12O18. The molecule has 0 fully saturated rings. The molecule has 132 heavy (non-hydrogen) atoms. The Balaban J connectivity index is 1.21. The van der Waals surface area contributed by atoms with Crippen LogP contribution in [0.5, 0.6) is 0 Å². The third-order valence-electron chi connectivity index (χ3n) is 23.2. The smallest absolute Gasteiger partial charge is 0.410 e. The maximum Gasteiger partial charge on any atom is 0.410 e. The number of hydrogen-bond donors (Lipinski definition) is 7. The van der Waals surface area contributed by atoms with Crippen molar-refractivity contribution < 1.29 is 86.4 Å². The van der Waals surface area contributed by atoms with Gasteiger partial charge in [0.15, 0.2) is 0 Å². The Kier molecular flexibility index (Phi) is 39.9. The van der Waals surface area contributed by atoms with Gasteiger partial charge < -0.3 is 75.7 Å². The number of carboxylic acids is 1. The Morgan fingerprint density at radius 1 is 0.371 bits per heavy atom. The average molecular weight is 1820 g/mol. The summed E-state index contributed by atoms with van der Waals surface area (Å²) in [6.07, 6.45) is -3.29. The number of ether oxygens (including phenoxy) is 3. The molecule has 7 aromatic rings. The molecule has 0 aliphatic carbocycles. The van der Waals surface area contributed by atoms with Crippen LogP contribution in [0.25, 0.3) is 0 Å². The first-order valence-electron chi connectivity index (χ1n) is 44.8. The summed E-state index contributed by atoms with van der Waals surface area (Å²) in [5.41, 5.74) is 1.86. The van der Waals surface area contributed by atoms with Gasteiger partial charge in [0.25, 0.3) is 0 Å². The fraction of sp³-hybridized carbons (Fsp3) is 0.451. The minimum absolute atomic E-state index is 0.0294. The molecule has 0 saturated heterocycles. The third kappa shape index (κ3) is 30.0. The van der Waals surface area contributed by atoms with Crippen LogP contribution in [0.3, 0.4) is 0 Å². The summed E-state index contributed by atoms with van der Waals surface area (Å²) in [7, 11) is 8.28. The number of carbonyl (C=O) groups is 14. The van der Waals surface area contributed by atoms with Gasteiger partial charge in [0.1, 0.15) is 84.3 Å². The molecule has 0 saturated carbocycles. The largest absolute Gasteiger partial charge is 0.480 e. The first-order valence-corrected chi connectivity index (χ1v) is 44.8. The molecule has 7 N–H and O–H groups in total. The Labute approximate surface area is 776 Å². The van der Waals surface area contributed by atoms with Gasteiger partial charge in [0.05, 0.1) is 19.1 Å². The molecule has 12 amide bonds. The maximum atomic E-state index is 16.4. The summed E-state index contributed by atoms with van der Waals surface area (Å²) < 4.78 is 18.7. The van der Waals surface area contributed by atoms with Crippen LogP contribution in [0, 0.1) is 23.7 Å². The molecule has 710 valence electrons. The van der Waals surface area contributed by atoms with E-state index in [-0.39, 0.29) is 50.5 Å². The highest BCUT2D eigenvalue weighted by atomic mass is 16.6. The van der Waals surface area contributed by atoms with E-state index in [9.17, 15) is 29.1 Å². The van der Waals surface area contributed by atoms with Crippen LogP contribution in [0.1, 0.15) is 155 Å². The van der Waals surface area contributed by atoms with E-state index in [1.54, 1.807) is 177 Å². The molecule has 0 aromatic heterocycles. The third-order valence-corrected chi connectivity index (χ3v) is 23.2. The lowest BCUT2D eigenvalue weighted by Crippen LogP contribution is -2.63. The van der Waals surface area contributed by atoms with Crippen molar-refractivity contribution in [3.05, 3.63) is 251 Å². The summed E-state index contributed by atoms with van der Waals surface area (Å²) in [4.78, 5) is 214. The van der Waals surface area contributed by atoms with E-state index in [4.69, 9.17) is 14.2 Å². The predicted octanol–water partition coefficient (Wildman–Crippen LogP) is 9.68. The molecule has 30 nitrogen and oxygen atoms in total. The van der Waals surface area contributed by atoms with Gasteiger partial charge >= 0.3 is 18.0 Å². The van der Waals surface area contributed by atoms with Crippen molar-refractivity contribution in [2.24, 2.45) is 23.7 Å². The summed E-state index contributed by atoms with van der Waals surface area (Å²) in [5.74, 6) is -13.0. The van der Waals surface area contributed by atoms with E-state index >= 15 is 43.2 Å². The van der Waals surface area contributed by atoms with Crippen molar-refractivity contribution in [3.8, 4) is 0 Å². The van der Waals surface area contributed by atoms with E-state index in [1.807, 2.05) is 119 Å². The number of rotatable bonds is 46. The lowest BCUT2D eigenvalue weighted by molar-refractivity contribution is -0.151. The predicted molar refractivity (Wildman–Crippen MR) is 502 cm³/mol. The van der Waals surface area contributed by atoms with Crippen LogP contribution in [0.15, 0.2) is 212 Å². The van der Waals surface area contributed by atoms with Crippen molar-refractivity contribution in [2.75, 3.05) is 48.8 Å². The van der Waals surface area contributed by atoms with Gasteiger partial charge in [-0.15, -0.1) is 0 Å². The number of amides is 12. The average Bonchev–Trinajstić information content (AvgIpc) is 0.747. The molecule has 0 aliphatic rings. The number of esters is 1. The van der Waals surface area contributed by atoms with E-state index in [1.165, 1.54) is 75.7 Å². The fourth-order valence-corrected chi connectivity index (χ4v) is 15.5. The van der Waals surface area contributed by atoms with Gasteiger partial charge in [-0.3, -0.25) is 67.2 Å². The topological polar surface area (TPSA) is 379 Å². The van der Waals surface area contributed by atoms with Crippen LogP contribution in [-0.2, 0) is 108 Å². The lowest BCUT2D eigenvalue weighted by Gasteiger charge is -2.41. The van der Waals surface area contributed by atoms with Crippen LogP contribution in [0.4, 0.5) is 4.79 Å². The van der Waals surface area contributed by atoms with Crippen LogP contribution in [0.2, 0.25) is 0 Å². The molecular weight excluding hydrogens is 1680 g/mol. The first-order chi connectivity index (χ1) is 62.4. The number of hydrogen-bond acceptors (Lipinski definition) is 17.